The van der Waals surface area contributed by atoms with Crippen molar-refractivity contribution in [2.24, 2.45) is 11.3 Å². The van der Waals surface area contributed by atoms with Crippen LogP contribution in [0.1, 0.15) is 131 Å². The normalized spacial score (nSPS) is 31.3. The molecule has 2 aromatic rings. The third-order valence-electron chi connectivity index (χ3n) is 11.2. The Morgan fingerprint density at radius 2 is 1.70 bits per heavy atom. The second-order valence-corrected chi connectivity index (χ2v) is 18.3. The van der Waals surface area contributed by atoms with E-state index in [1.54, 1.807) is 0 Å². The van der Waals surface area contributed by atoms with Crippen LogP contribution in [0.15, 0.2) is 36.5 Å². The number of hydrogen-bond donors (Lipinski definition) is 3. The zero-order valence-electron chi connectivity index (χ0n) is 29.4. The van der Waals surface area contributed by atoms with Gasteiger partial charge in [-0.2, -0.15) is 4.72 Å². The smallest absolute Gasteiger partial charge is 0.216 e. The Labute approximate surface area is 284 Å². The SMILES string of the molecule is Cc1cccc(C)c1C1CC2NC(N1)NS(=O)(=O)C1CCCC(C1)CN(Cc1ccc(C3CCCCC3)cn1)[C@H](CC(C)(C)C)CO2. The van der Waals surface area contributed by atoms with Crippen LogP contribution >= 0.6 is 0 Å². The second-order valence-electron chi connectivity index (χ2n) is 16.3. The summed E-state index contributed by atoms with van der Waals surface area (Å²) in [6.45, 7) is 13.4. The van der Waals surface area contributed by atoms with Crippen molar-refractivity contribution in [1.29, 1.82) is 0 Å². The summed E-state index contributed by atoms with van der Waals surface area (Å²) in [7, 11) is -3.57. The van der Waals surface area contributed by atoms with Gasteiger partial charge in [0.2, 0.25) is 10.0 Å². The van der Waals surface area contributed by atoms with E-state index in [0.29, 0.717) is 37.7 Å². The molecule has 9 heteroatoms. The van der Waals surface area contributed by atoms with Crippen molar-refractivity contribution in [3.05, 3.63) is 64.5 Å². The molecule has 0 radical (unpaired) electrons. The van der Waals surface area contributed by atoms with Crippen LogP contribution in [-0.2, 0) is 21.3 Å². The highest BCUT2D eigenvalue weighted by molar-refractivity contribution is 7.90. The minimum absolute atomic E-state index is 0.0385. The number of pyridine rings is 1. The quantitative estimate of drug-likeness (QED) is 0.324. The Morgan fingerprint density at radius 1 is 0.936 bits per heavy atom. The average Bonchev–Trinajstić information content (AvgIpc) is 3.03. The topological polar surface area (TPSA) is 95.6 Å². The van der Waals surface area contributed by atoms with Gasteiger partial charge >= 0.3 is 0 Å². The molecule has 0 spiro atoms. The van der Waals surface area contributed by atoms with Crippen molar-refractivity contribution in [2.45, 2.75) is 148 Å². The molecule has 5 unspecified atom stereocenters. The number of hydrogen-bond acceptors (Lipinski definition) is 7. The number of aromatic nitrogens is 1. The molecule has 3 heterocycles. The number of benzene rings is 1. The van der Waals surface area contributed by atoms with Gasteiger partial charge in [0.25, 0.3) is 0 Å². The molecule has 4 bridgehead atoms. The minimum Gasteiger partial charge on any atom is -0.362 e. The Hall–Kier alpha value is -1.88. The van der Waals surface area contributed by atoms with Crippen molar-refractivity contribution in [3.8, 4) is 0 Å². The second kappa shape index (κ2) is 14.9. The molecule has 1 aromatic carbocycles. The fraction of sp³-hybridized carbons (Fsp3) is 0.711. The first-order valence-electron chi connectivity index (χ1n) is 18.3. The van der Waals surface area contributed by atoms with Crippen LogP contribution in [0.4, 0.5) is 0 Å². The van der Waals surface area contributed by atoms with Gasteiger partial charge in [0.15, 0.2) is 0 Å². The van der Waals surface area contributed by atoms with Gasteiger partial charge in [-0.05, 0) is 97.9 Å². The number of aryl methyl sites for hydroxylation is 2. The van der Waals surface area contributed by atoms with Crippen LogP contribution in [0.25, 0.3) is 0 Å². The van der Waals surface area contributed by atoms with Crippen molar-refractivity contribution in [1.82, 2.24) is 25.2 Å². The maximum Gasteiger partial charge on any atom is 0.216 e. The van der Waals surface area contributed by atoms with Crippen LogP contribution < -0.4 is 15.4 Å². The largest absolute Gasteiger partial charge is 0.362 e. The van der Waals surface area contributed by atoms with Crippen LogP contribution in [0.5, 0.6) is 0 Å². The molecule has 6 rings (SSSR count). The maximum atomic E-state index is 13.9. The van der Waals surface area contributed by atoms with E-state index < -0.39 is 21.6 Å². The number of fused-ring (bicyclic) bond motifs is 4. The van der Waals surface area contributed by atoms with Crippen molar-refractivity contribution < 1.29 is 13.2 Å². The highest BCUT2D eigenvalue weighted by Crippen LogP contribution is 2.35. The number of sulfonamides is 1. The van der Waals surface area contributed by atoms with Gasteiger partial charge in [0.1, 0.15) is 12.5 Å². The van der Waals surface area contributed by atoms with E-state index in [1.807, 2.05) is 0 Å². The first-order chi connectivity index (χ1) is 22.4. The molecule has 2 saturated heterocycles. The summed E-state index contributed by atoms with van der Waals surface area (Å²) in [5.41, 5.74) is 6.21. The molecule has 2 saturated carbocycles. The van der Waals surface area contributed by atoms with Crippen molar-refractivity contribution >= 4 is 10.0 Å². The van der Waals surface area contributed by atoms with E-state index >= 15 is 0 Å². The molecule has 1 aromatic heterocycles. The molecule has 2 aliphatic heterocycles. The zero-order chi connectivity index (χ0) is 33.2. The summed E-state index contributed by atoms with van der Waals surface area (Å²) in [5, 5.41) is 6.69. The summed E-state index contributed by atoms with van der Waals surface area (Å²) in [6, 6.07) is 11.1. The molecule has 0 amide bonds. The van der Waals surface area contributed by atoms with Gasteiger partial charge in [0.05, 0.1) is 17.6 Å². The third kappa shape index (κ3) is 9.03. The maximum absolute atomic E-state index is 13.9. The summed E-state index contributed by atoms with van der Waals surface area (Å²) >= 11 is 0. The summed E-state index contributed by atoms with van der Waals surface area (Å²) in [5.74, 6) is 0.943. The fourth-order valence-corrected chi connectivity index (χ4v) is 10.5. The molecule has 2 aliphatic carbocycles. The van der Waals surface area contributed by atoms with Gasteiger partial charge in [0, 0.05) is 37.8 Å². The minimum atomic E-state index is -3.57. The van der Waals surface area contributed by atoms with E-state index in [2.05, 4.69) is 91.4 Å². The first-order valence-corrected chi connectivity index (χ1v) is 19.9. The van der Waals surface area contributed by atoms with Crippen LogP contribution in [0, 0.1) is 25.2 Å². The standard InChI is InChI=1S/C38H59N5O3S/c1-26-11-9-12-27(2)36(26)34-20-35-41-37(40-34)42-47(44,45)33-16-10-13-28(19-33)23-43(32(25-46-35)21-38(3,4)5)24-31-18-17-30(22-39-31)29-14-7-6-8-15-29/h9,11-12,17-18,22,28-29,32-35,37,40-42H,6-8,10,13-16,19-21,23-25H2,1-5H3/t28?,32-,33?,34?,35?,37?/m1/s1. The molecule has 3 N–H and O–H groups in total. The van der Waals surface area contributed by atoms with E-state index in [1.165, 1.54) is 54.4 Å². The highest BCUT2D eigenvalue weighted by atomic mass is 32.2. The Kier molecular flexibility index (Phi) is 11.1. The first kappa shape index (κ1) is 35.0. The molecule has 4 fully saturated rings. The lowest BCUT2D eigenvalue weighted by molar-refractivity contribution is -0.0517. The molecule has 47 heavy (non-hydrogen) atoms. The number of ether oxygens (including phenoxy) is 1. The van der Waals surface area contributed by atoms with E-state index in [-0.39, 0.29) is 23.7 Å². The fourth-order valence-electron chi connectivity index (χ4n) is 8.81. The van der Waals surface area contributed by atoms with E-state index in [4.69, 9.17) is 9.72 Å². The van der Waals surface area contributed by atoms with Crippen LogP contribution in [0.2, 0.25) is 0 Å². The van der Waals surface area contributed by atoms with Gasteiger partial charge < -0.3 is 4.74 Å². The molecular weight excluding hydrogens is 607 g/mol. The predicted octanol–water partition coefficient (Wildman–Crippen LogP) is 6.80. The third-order valence-corrected chi connectivity index (χ3v) is 13.0. The monoisotopic (exact) mass is 665 g/mol. The van der Waals surface area contributed by atoms with Gasteiger partial charge in [-0.1, -0.05) is 70.7 Å². The number of nitrogens with one attached hydrogen (secondary N) is 3. The lowest BCUT2D eigenvalue weighted by Gasteiger charge is -2.41. The van der Waals surface area contributed by atoms with Crippen molar-refractivity contribution in [3.63, 3.8) is 0 Å². The lowest BCUT2D eigenvalue weighted by Crippen LogP contribution is -2.64. The molecular formula is C38H59N5O3S. The zero-order valence-corrected chi connectivity index (χ0v) is 30.2. The van der Waals surface area contributed by atoms with E-state index in [0.717, 1.165) is 38.0 Å². The van der Waals surface area contributed by atoms with Gasteiger partial charge in [-0.25, -0.2) is 8.42 Å². The van der Waals surface area contributed by atoms with Gasteiger partial charge in [-0.3, -0.25) is 20.5 Å². The predicted molar refractivity (Wildman–Crippen MR) is 189 cm³/mol. The Morgan fingerprint density at radius 3 is 2.40 bits per heavy atom. The molecule has 8 nitrogen and oxygen atoms in total. The van der Waals surface area contributed by atoms with Crippen molar-refractivity contribution in [2.75, 3.05) is 13.2 Å². The Bertz CT molecular complexity index is 1420. The van der Waals surface area contributed by atoms with Gasteiger partial charge in [-0.15, -0.1) is 0 Å². The number of nitrogens with zero attached hydrogens (tertiary/aromatic N) is 2. The molecule has 260 valence electrons. The molecule has 6 atom stereocenters. The average molecular weight is 666 g/mol. The lowest BCUT2D eigenvalue weighted by atomic mass is 9.84. The summed E-state index contributed by atoms with van der Waals surface area (Å²) < 4.78 is 37.7. The summed E-state index contributed by atoms with van der Waals surface area (Å²) in [4.78, 5) is 7.61. The van der Waals surface area contributed by atoms with E-state index in [9.17, 15) is 8.42 Å². The summed E-state index contributed by atoms with van der Waals surface area (Å²) in [6.07, 6.45) is 12.8. The van der Waals surface area contributed by atoms with Crippen LogP contribution in [-0.4, -0.2) is 55.3 Å². The number of rotatable bonds is 5. The van der Waals surface area contributed by atoms with Crippen LogP contribution in [0.3, 0.4) is 0 Å². The Balaban J connectivity index is 1.30. The molecule has 4 aliphatic rings. The highest BCUT2D eigenvalue weighted by Gasteiger charge is 2.39.